The Morgan fingerprint density at radius 1 is 0.700 bits per heavy atom. The number of benzene rings is 5. The Kier molecular flexibility index (Phi) is 3.93. The molecule has 0 atom stereocenters. The van der Waals surface area contributed by atoms with E-state index in [-0.39, 0.29) is 33.1 Å². The molecule has 2 aliphatic carbocycles. The molecule has 2 N–H and O–H groups in total. The lowest BCUT2D eigenvalue weighted by atomic mass is 9.96. The van der Waals surface area contributed by atoms with Crippen molar-refractivity contribution >= 4 is 27.2 Å². The summed E-state index contributed by atoms with van der Waals surface area (Å²) in [5, 5.41) is 16.6. The summed E-state index contributed by atoms with van der Waals surface area (Å²) in [5.74, 6) is 0.00226. The molecule has 3 aromatic rings. The van der Waals surface area contributed by atoms with Crippen LogP contribution in [0.4, 0.5) is 5.69 Å². The molecule has 0 bridgehead atoms. The van der Waals surface area contributed by atoms with Crippen molar-refractivity contribution in [2.24, 2.45) is 5.10 Å². The Morgan fingerprint density at radius 3 is 2.00 bits per heavy atom. The van der Waals surface area contributed by atoms with Crippen molar-refractivity contribution in [3.8, 4) is 16.9 Å². The third-order valence-corrected chi connectivity index (χ3v) is 5.20. The molecule has 0 radical (unpaired) electrons. The number of rotatable bonds is 2. The lowest BCUT2D eigenvalue weighted by Crippen LogP contribution is -2.30. The molecule has 0 aliphatic heterocycles. The SMILES string of the molecule is O=c1cc2c(=O)c3ccccc3c(=O)c-2cc1=NNc1ccc2ccccc2c1O. The molecule has 0 saturated carbocycles. The second kappa shape index (κ2) is 6.63. The largest absolute Gasteiger partial charge is 0.505 e. The quantitative estimate of drug-likeness (QED) is 0.273. The number of phenols is 1. The second-order valence-corrected chi connectivity index (χ2v) is 6.98. The lowest BCUT2D eigenvalue weighted by Gasteiger charge is -2.07. The molecule has 0 aromatic heterocycles. The molecule has 0 unspecified atom stereocenters. The van der Waals surface area contributed by atoms with E-state index in [0.717, 1.165) is 11.5 Å². The monoisotopic (exact) mass is 394 g/mol. The van der Waals surface area contributed by atoms with Crippen molar-refractivity contribution in [1.82, 2.24) is 0 Å². The van der Waals surface area contributed by atoms with Gasteiger partial charge in [-0.15, -0.1) is 0 Å². The highest BCUT2D eigenvalue weighted by molar-refractivity contribution is 5.93. The van der Waals surface area contributed by atoms with Crippen LogP contribution in [0.3, 0.4) is 0 Å². The van der Waals surface area contributed by atoms with Crippen LogP contribution in [0.2, 0.25) is 0 Å². The Labute approximate surface area is 169 Å². The van der Waals surface area contributed by atoms with Gasteiger partial charge in [-0.2, -0.15) is 5.10 Å². The topological polar surface area (TPSA) is 95.8 Å². The highest BCUT2D eigenvalue weighted by Gasteiger charge is 2.17. The van der Waals surface area contributed by atoms with E-state index < -0.39 is 5.43 Å². The molecule has 0 fully saturated rings. The van der Waals surface area contributed by atoms with Gasteiger partial charge < -0.3 is 5.11 Å². The van der Waals surface area contributed by atoms with E-state index in [1.807, 2.05) is 24.3 Å². The van der Waals surface area contributed by atoms with E-state index in [1.165, 1.54) is 6.07 Å². The number of nitrogens with one attached hydrogen (secondary N) is 1. The van der Waals surface area contributed by atoms with E-state index in [9.17, 15) is 19.5 Å². The molecule has 30 heavy (non-hydrogen) atoms. The molecule has 6 nitrogen and oxygen atoms in total. The Morgan fingerprint density at radius 2 is 1.30 bits per heavy atom. The number of hydrogen-bond acceptors (Lipinski definition) is 6. The van der Waals surface area contributed by atoms with E-state index in [4.69, 9.17) is 0 Å². The van der Waals surface area contributed by atoms with E-state index in [2.05, 4.69) is 10.5 Å². The van der Waals surface area contributed by atoms with Crippen molar-refractivity contribution in [2.75, 3.05) is 5.43 Å². The molecule has 0 spiro atoms. The van der Waals surface area contributed by atoms with Gasteiger partial charge in [-0.25, -0.2) is 0 Å². The zero-order chi connectivity index (χ0) is 20.8. The fourth-order valence-electron chi connectivity index (χ4n) is 3.67. The van der Waals surface area contributed by atoms with E-state index >= 15 is 0 Å². The number of fused-ring (bicyclic) bond motifs is 3. The summed E-state index contributed by atoms with van der Waals surface area (Å²) in [7, 11) is 0. The fraction of sp³-hybridized carbons (Fsp3) is 0. The third kappa shape index (κ3) is 2.66. The summed E-state index contributed by atoms with van der Waals surface area (Å²) in [5.41, 5.74) is 2.05. The standard InChI is InChI=1S/C24H14N2O4/c27-21-12-18-17(22(28)15-7-3-4-8-16(15)23(18)29)11-20(21)26-25-19-10-9-13-5-1-2-6-14(13)24(19)30/h1-12,25,30H. The smallest absolute Gasteiger partial charge is 0.206 e. The molecule has 3 aromatic carbocycles. The number of aromatic hydroxyl groups is 1. The predicted molar refractivity (Wildman–Crippen MR) is 117 cm³/mol. The van der Waals surface area contributed by atoms with Crippen LogP contribution in [0.1, 0.15) is 0 Å². The van der Waals surface area contributed by atoms with Crippen LogP contribution in [-0.4, -0.2) is 5.11 Å². The normalized spacial score (nSPS) is 12.1. The fourth-order valence-corrected chi connectivity index (χ4v) is 3.67. The minimum absolute atomic E-state index is 0.00226. The van der Waals surface area contributed by atoms with Crippen LogP contribution >= 0.6 is 0 Å². The molecule has 5 rings (SSSR count). The molecule has 6 heteroatoms. The number of nitrogens with zero attached hydrogens (tertiary/aromatic N) is 1. The van der Waals surface area contributed by atoms with Crippen LogP contribution in [0.5, 0.6) is 5.75 Å². The number of phenolic OH excluding ortho intramolecular Hbond substituents is 1. The highest BCUT2D eigenvalue weighted by atomic mass is 16.3. The Bertz CT molecular complexity index is 1650. The maximum absolute atomic E-state index is 12.8. The van der Waals surface area contributed by atoms with Crippen molar-refractivity contribution < 1.29 is 5.11 Å². The number of anilines is 1. The van der Waals surface area contributed by atoms with Gasteiger partial charge in [-0.1, -0.05) is 54.6 Å². The maximum atomic E-state index is 12.8. The average Bonchev–Trinajstić information content (AvgIpc) is 2.77. The van der Waals surface area contributed by atoms with Crippen molar-refractivity contribution in [2.45, 2.75) is 0 Å². The van der Waals surface area contributed by atoms with Crippen LogP contribution in [0, 0.1) is 0 Å². The van der Waals surface area contributed by atoms with Gasteiger partial charge in [0.25, 0.3) is 0 Å². The summed E-state index contributed by atoms with van der Waals surface area (Å²) in [6, 6.07) is 19.8. The van der Waals surface area contributed by atoms with Gasteiger partial charge in [-0.3, -0.25) is 19.8 Å². The summed E-state index contributed by atoms with van der Waals surface area (Å²) in [4.78, 5) is 38.0. The first kappa shape index (κ1) is 17.8. The summed E-state index contributed by atoms with van der Waals surface area (Å²) in [6.07, 6.45) is 0. The predicted octanol–water partition coefficient (Wildman–Crippen LogP) is 2.69. The zero-order valence-corrected chi connectivity index (χ0v) is 15.5. The highest BCUT2D eigenvalue weighted by Crippen LogP contribution is 2.32. The minimum atomic E-state index is -0.498. The van der Waals surface area contributed by atoms with Gasteiger partial charge in [0.2, 0.25) is 5.43 Å². The zero-order valence-electron chi connectivity index (χ0n) is 15.5. The minimum Gasteiger partial charge on any atom is -0.505 e. The number of hydrogen-bond donors (Lipinski definition) is 2. The van der Waals surface area contributed by atoms with Gasteiger partial charge in [0.05, 0.1) is 5.69 Å². The van der Waals surface area contributed by atoms with E-state index in [0.29, 0.717) is 21.8 Å². The van der Waals surface area contributed by atoms with Crippen LogP contribution < -0.4 is 27.1 Å². The first-order valence-corrected chi connectivity index (χ1v) is 9.25. The average molecular weight is 394 g/mol. The second-order valence-electron chi connectivity index (χ2n) is 6.98. The molecule has 144 valence electrons. The Balaban J connectivity index is 1.69. The van der Waals surface area contributed by atoms with Gasteiger partial charge in [-0.05, 0) is 23.6 Å². The first-order chi connectivity index (χ1) is 14.5. The molecule has 2 aliphatic rings. The van der Waals surface area contributed by atoms with Gasteiger partial charge in [0, 0.05) is 27.3 Å². The van der Waals surface area contributed by atoms with Gasteiger partial charge in [0.15, 0.2) is 10.9 Å². The van der Waals surface area contributed by atoms with Crippen LogP contribution in [0.25, 0.3) is 32.7 Å². The molecular weight excluding hydrogens is 380 g/mol. The first-order valence-electron chi connectivity index (χ1n) is 9.25. The maximum Gasteiger partial charge on any atom is 0.206 e. The summed E-state index contributed by atoms with van der Waals surface area (Å²) < 4.78 is 0. The molecule has 0 amide bonds. The third-order valence-electron chi connectivity index (χ3n) is 5.20. The Hall–Kier alpha value is -4.32. The summed E-state index contributed by atoms with van der Waals surface area (Å²) >= 11 is 0. The molecule has 0 saturated heterocycles. The van der Waals surface area contributed by atoms with Crippen molar-refractivity contribution in [3.05, 3.63) is 109 Å². The molecule has 0 heterocycles. The van der Waals surface area contributed by atoms with Crippen LogP contribution in [-0.2, 0) is 0 Å². The lowest BCUT2D eigenvalue weighted by molar-refractivity contribution is 0.483. The van der Waals surface area contributed by atoms with Crippen LogP contribution in [0.15, 0.2) is 92.3 Å². The van der Waals surface area contributed by atoms with Gasteiger partial charge in [0.1, 0.15) is 11.1 Å². The van der Waals surface area contributed by atoms with E-state index in [1.54, 1.807) is 36.4 Å². The summed E-state index contributed by atoms with van der Waals surface area (Å²) in [6.45, 7) is 0. The van der Waals surface area contributed by atoms with Crippen molar-refractivity contribution in [1.29, 1.82) is 0 Å². The molecular formula is C24H14N2O4. The van der Waals surface area contributed by atoms with Crippen molar-refractivity contribution in [3.63, 3.8) is 0 Å². The van der Waals surface area contributed by atoms with Gasteiger partial charge >= 0.3 is 0 Å².